The molecular formula is C22H18N2O5. The Morgan fingerprint density at radius 3 is 2.66 bits per heavy atom. The Balaban J connectivity index is 1.70. The molecule has 0 fully saturated rings. The van der Waals surface area contributed by atoms with Crippen LogP contribution in [-0.4, -0.2) is 31.5 Å². The lowest BCUT2D eigenvalue weighted by Crippen LogP contribution is -2.39. The van der Waals surface area contributed by atoms with Gasteiger partial charge < -0.3 is 14.8 Å². The molecule has 0 atom stereocenters. The smallest absolute Gasteiger partial charge is 0.396 e. The third-order valence-electron chi connectivity index (χ3n) is 4.69. The molecule has 29 heavy (non-hydrogen) atoms. The lowest BCUT2D eigenvalue weighted by molar-refractivity contribution is -0.150. The number of hydrogen-bond acceptors (Lipinski definition) is 5. The Kier molecular flexibility index (Phi) is 4.87. The molecule has 146 valence electrons. The first-order valence-electron chi connectivity index (χ1n) is 9.00. The molecule has 0 saturated heterocycles. The summed E-state index contributed by atoms with van der Waals surface area (Å²) >= 11 is 0. The summed E-state index contributed by atoms with van der Waals surface area (Å²) in [5.74, 6) is -1.74. The van der Waals surface area contributed by atoms with E-state index < -0.39 is 11.9 Å². The first-order valence-corrected chi connectivity index (χ1v) is 9.00. The highest BCUT2D eigenvalue weighted by atomic mass is 16.5. The molecule has 0 aromatic heterocycles. The molecule has 1 N–H and O–H groups in total. The SMILES string of the molecule is COC(=O)C(=O)Nc1cccc2c1N(Cc1ccc3ccccc3c1)C(=O)CO2. The predicted octanol–water partition coefficient (Wildman–Crippen LogP) is 2.88. The fraction of sp³-hybridized carbons (Fsp3) is 0.136. The van der Waals surface area contributed by atoms with Gasteiger partial charge in [0.05, 0.1) is 19.3 Å². The zero-order valence-electron chi connectivity index (χ0n) is 15.7. The van der Waals surface area contributed by atoms with E-state index in [2.05, 4.69) is 10.1 Å². The average molecular weight is 390 g/mol. The molecule has 4 rings (SSSR count). The number of fused-ring (bicyclic) bond motifs is 2. The third kappa shape index (κ3) is 3.62. The van der Waals surface area contributed by atoms with E-state index in [4.69, 9.17) is 4.74 Å². The molecule has 0 aliphatic carbocycles. The third-order valence-corrected chi connectivity index (χ3v) is 4.69. The Morgan fingerprint density at radius 1 is 1.07 bits per heavy atom. The van der Waals surface area contributed by atoms with Crippen LogP contribution < -0.4 is 15.0 Å². The summed E-state index contributed by atoms with van der Waals surface area (Å²) in [4.78, 5) is 37.7. The molecule has 1 heterocycles. The summed E-state index contributed by atoms with van der Waals surface area (Å²) in [5.41, 5.74) is 1.64. The minimum Gasteiger partial charge on any atom is -0.481 e. The quantitative estimate of drug-likeness (QED) is 0.549. The molecular weight excluding hydrogens is 372 g/mol. The van der Waals surface area contributed by atoms with Crippen LogP contribution in [0.1, 0.15) is 5.56 Å². The molecule has 1 aliphatic heterocycles. The van der Waals surface area contributed by atoms with Crippen molar-refractivity contribution in [3.05, 3.63) is 66.2 Å². The molecule has 0 spiro atoms. The Hall–Kier alpha value is -3.87. The van der Waals surface area contributed by atoms with Gasteiger partial charge in [-0.15, -0.1) is 0 Å². The highest BCUT2D eigenvalue weighted by Crippen LogP contribution is 2.39. The highest BCUT2D eigenvalue weighted by Gasteiger charge is 2.29. The summed E-state index contributed by atoms with van der Waals surface area (Å²) in [6.45, 7) is 0.195. The first-order chi connectivity index (χ1) is 14.1. The maximum absolute atomic E-state index is 12.6. The monoisotopic (exact) mass is 390 g/mol. The Morgan fingerprint density at radius 2 is 1.86 bits per heavy atom. The zero-order chi connectivity index (χ0) is 20.4. The van der Waals surface area contributed by atoms with Gasteiger partial charge in [-0.3, -0.25) is 14.5 Å². The Bertz CT molecular complexity index is 1130. The minimum atomic E-state index is -1.02. The Labute approximate surface area is 166 Å². The van der Waals surface area contributed by atoms with Gasteiger partial charge in [0, 0.05) is 0 Å². The number of anilines is 2. The molecule has 0 radical (unpaired) electrons. The van der Waals surface area contributed by atoms with Gasteiger partial charge in [0.15, 0.2) is 6.61 Å². The number of para-hydroxylation sites is 1. The van der Waals surface area contributed by atoms with Gasteiger partial charge in [-0.25, -0.2) is 4.79 Å². The van der Waals surface area contributed by atoms with Gasteiger partial charge in [-0.2, -0.15) is 0 Å². The van der Waals surface area contributed by atoms with Gasteiger partial charge >= 0.3 is 11.9 Å². The predicted molar refractivity (Wildman–Crippen MR) is 108 cm³/mol. The topological polar surface area (TPSA) is 84.9 Å². The van der Waals surface area contributed by atoms with E-state index in [1.165, 1.54) is 0 Å². The van der Waals surface area contributed by atoms with Crippen molar-refractivity contribution in [2.75, 3.05) is 23.9 Å². The second-order valence-corrected chi connectivity index (χ2v) is 6.55. The van der Waals surface area contributed by atoms with Crippen LogP contribution in [0, 0.1) is 0 Å². The van der Waals surface area contributed by atoms with Crippen molar-refractivity contribution in [2.45, 2.75) is 6.54 Å². The van der Waals surface area contributed by atoms with E-state index in [1.54, 1.807) is 23.1 Å². The van der Waals surface area contributed by atoms with Crippen LogP contribution in [0.15, 0.2) is 60.7 Å². The van der Waals surface area contributed by atoms with Crippen LogP contribution in [0.4, 0.5) is 11.4 Å². The fourth-order valence-corrected chi connectivity index (χ4v) is 3.31. The van der Waals surface area contributed by atoms with Crippen molar-refractivity contribution < 1.29 is 23.9 Å². The summed E-state index contributed by atoms with van der Waals surface area (Å²) in [5, 5.41) is 4.67. The van der Waals surface area contributed by atoms with Crippen molar-refractivity contribution in [1.29, 1.82) is 0 Å². The van der Waals surface area contributed by atoms with Crippen LogP contribution in [0.25, 0.3) is 10.8 Å². The van der Waals surface area contributed by atoms with E-state index in [9.17, 15) is 14.4 Å². The molecule has 7 nitrogen and oxygen atoms in total. The van der Waals surface area contributed by atoms with Crippen molar-refractivity contribution in [2.24, 2.45) is 0 Å². The second kappa shape index (κ2) is 7.63. The molecule has 0 saturated carbocycles. The van der Waals surface area contributed by atoms with E-state index in [0.29, 0.717) is 23.7 Å². The van der Waals surface area contributed by atoms with Gasteiger partial charge in [-0.05, 0) is 34.5 Å². The van der Waals surface area contributed by atoms with Crippen LogP contribution >= 0.6 is 0 Å². The largest absolute Gasteiger partial charge is 0.481 e. The first kappa shape index (κ1) is 18.5. The van der Waals surface area contributed by atoms with E-state index in [1.807, 2.05) is 42.5 Å². The lowest BCUT2D eigenvalue weighted by atomic mass is 10.1. The maximum atomic E-state index is 12.6. The number of amides is 2. The van der Waals surface area contributed by atoms with Crippen molar-refractivity contribution in [3.63, 3.8) is 0 Å². The maximum Gasteiger partial charge on any atom is 0.396 e. The van der Waals surface area contributed by atoms with Gasteiger partial charge in [0.25, 0.3) is 5.91 Å². The van der Waals surface area contributed by atoms with E-state index in [0.717, 1.165) is 23.4 Å². The molecule has 7 heteroatoms. The van der Waals surface area contributed by atoms with Gasteiger partial charge in [-0.1, -0.05) is 42.5 Å². The van der Waals surface area contributed by atoms with Crippen molar-refractivity contribution >= 4 is 39.9 Å². The standard InChI is InChI=1S/C22H18N2O5/c1-28-22(27)21(26)23-17-7-4-8-18-20(17)24(19(25)13-29-18)12-14-9-10-15-5-2-3-6-16(15)11-14/h2-11H,12-13H2,1H3,(H,23,26). The second-order valence-electron chi connectivity index (χ2n) is 6.55. The molecule has 0 unspecified atom stereocenters. The van der Waals surface area contributed by atoms with E-state index in [-0.39, 0.29) is 12.5 Å². The summed E-state index contributed by atoms with van der Waals surface area (Å²) in [7, 11) is 1.13. The highest BCUT2D eigenvalue weighted by molar-refractivity contribution is 6.37. The number of hydrogen-bond donors (Lipinski definition) is 1. The normalized spacial score (nSPS) is 12.9. The number of benzene rings is 3. The number of rotatable bonds is 3. The molecule has 0 bridgehead atoms. The molecule has 3 aromatic carbocycles. The molecule has 1 aliphatic rings. The minimum absolute atomic E-state index is 0.102. The van der Waals surface area contributed by atoms with Crippen molar-refractivity contribution in [3.8, 4) is 5.75 Å². The van der Waals surface area contributed by atoms with Crippen LogP contribution in [0.2, 0.25) is 0 Å². The van der Waals surface area contributed by atoms with Crippen LogP contribution in [-0.2, 0) is 25.7 Å². The van der Waals surface area contributed by atoms with Crippen LogP contribution in [0.5, 0.6) is 5.75 Å². The summed E-state index contributed by atoms with van der Waals surface area (Å²) < 4.78 is 9.97. The summed E-state index contributed by atoms with van der Waals surface area (Å²) in [6.07, 6.45) is 0. The van der Waals surface area contributed by atoms with E-state index >= 15 is 0 Å². The number of nitrogens with one attached hydrogen (secondary N) is 1. The average Bonchev–Trinajstić information content (AvgIpc) is 2.75. The number of methoxy groups -OCH3 is 1. The molecule has 3 aromatic rings. The zero-order valence-corrected chi connectivity index (χ0v) is 15.7. The number of nitrogens with zero attached hydrogens (tertiary/aromatic N) is 1. The number of carbonyl (C=O) groups excluding carboxylic acids is 3. The van der Waals surface area contributed by atoms with Gasteiger partial charge in [0.1, 0.15) is 11.4 Å². The lowest BCUT2D eigenvalue weighted by Gasteiger charge is -2.31. The van der Waals surface area contributed by atoms with Crippen molar-refractivity contribution in [1.82, 2.24) is 0 Å². The van der Waals surface area contributed by atoms with Crippen LogP contribution in [0.3, 0.4) is 0 Å². The number of ether oxygens (including phenoxy) is 2. The van der Waals surface area contributed by atoms with Gasteiger partial charge in [0.2, 0.25) is 0 Å². The summed E-state index contributed by atoms with van der Waals surface area (Å²) in [6, 6.07) is 18.9. The fourth-order valence-electron chi connectivity index (χ4n) is 3.31. The molecule has 2 amide bonds. The number of esters is 1. The number of carbonyl (C=O) groups is 3.